The Balaban J connectivity index is 1.70. The summed E-state index contributed by atoms with van der Waals surface area (Å²) >= 11 is 0. The van der Waals surface area contributed by atoms with Crippen LogP contribution in [0.1, 0.15) is 33.7 Å². The molecule has 0 spiro atoms. The summed E-state index contributed by atoms with van der Waals surface area (Å²) in [7, 11) is 4.72. The number of nitrogens with zero attached hydrogens (tertiary/aromatic N) is 3. The van der Waals surface area contributed by atoms with Crippen LogP contribution in [-0.4, -0.2) is 44.0 Å². The third-order valence-corrected chi connectivity index (χ3v) is 5.12. The quantitative estimate of drug-likeness (QED) is 0.592. The van der Waals surface area contributed by atoms with E-state index >= 15 is 0 Å². The van der Waals surface area contributed by atoms with Crippen LogP contribution in [0.5, 0.6) is 11.5 Å². The lowest BCUT2D eigenvalue weighted by molar-refractivity contribution is 0.0974. The van der Waals surface area contributed by atoms with Gasteiger partial charge in [0.25, 0.3) is 5.91 Å². The first-order chi connectivity index (χ1) is 14.7. The van der Waals surface area contributed by atoms with Crippen molar-refractivity contribution in [1.29, 1.82) is 0 Å². The third-order valence-electron chi connectivity index (χ3n) is 5.12. The van der Waals surface area contributed by atoms with Gasteiger partial charge in [-0.3, -0.25) is 9.69 Å². The van der Waals surface area contributed by atoms with Gasteiger partial charge in [-0.2, -0.15) is 4.98 Å². The lowest BCUT2D eigenvalue weighted by atomic mass is 10.1. The number of carbonyl (C=O) groups is 1. The van der Waals surface area contributed by atoms with Gasteiger partial charge in [0.05, 0.1) is 20.8 Å². The van der Waals surface area contributed by atoms with E-state index < -0.39 is 0 Å². The first kappa shape index (κ1) is 19.9. The number of para-hydroxylation sites is 1. The summed E-state index contributed by atoms with van der Waals surface area (Å²) in [6.45, 7) is 0.498. The monoisotopic (exact) mass is 409 g/mol. The molecule has 3 aromatic rings. The molecule has 0 aliphatic carbocycles. The van der Waals surface area contributed by atoms with E-state index in [1.165, 1.54) is 0 Å². The zero-order chi connectivity index (χ0) is 21.1. The van der Waals surface area contributed by atoms with E-state index in [0.717, 1.165) is 11.3 Å². The lowest BCUT2D eigenvalue weighted by Crippen LogP contribution is -2.32. The highest BCUT2D eigenvalue weighted by molar-refractivity contribution is 6.08. The molecule has 1 atom stereocenters. The molecule has 2 heterocycles. The molecule has 0 radical (unpaired) electrons. The van der Waals surface area contributed by atoms with Crippen LogP contribution in [-0.2, 0) is 17.6 Å². The van der Waals surface area contributed by atoms with Crippen molar-refractivity contribution in [2.75, 3.05) is 32.8 Å². The summed E-state index contributed by atoms with van der Waals surface area (Å²) in [6, 6.07) is 12.5. The fourth-order valence-electron chi connectivity index (χ4n) is 3.64. The largest absolute Gasteiger partial charge is 0.493 e. The molecule has 8 heteroatoms. The van der Waals surface area contributed by atoms with Gasteiger partial charge in [-0.15, -0.1) is 0 Å². The van der Waals surface area contributed by atoms with Crippen LogP contribution >= 0.6 is 0 Å². The van der Waals surface area contributed by atoms with Gasteiger partial charge in [-0.1, -0.05) is 23.4 Å². The van der Waals surface area contributed by atoms with Gasteiger partial charge in [0.2, 0.25) is 5.89 Å². The van der Waals surface area contributed by atoms with Crippen molar-refractivity contribution in [3.8, 4) is 11.5 Å². The number of benzene rings is 2. The number of amides is 1. The van der Waals surface area contributed by atoms with E-state index in [4.69, 9.17) is 18.7 Å². The Hall–Kier alpha value is -3.39. The summed E-state index contributed by atoms with van der Waals surface area (Å²) in [5.41, 5.74) is 2.36. The van der Waals surface area contributed by atoms with E-state index in [9.17, 15) is 4.79 Å². The van der Waals surface area contributed by atoms with Gasteiger partial charge in [0.1, 0.15) is 6.04 Å². The van der Waals surface area contributed by atoms with E-state index in [1.54, 1.807) is 44.4 Å². The zero-order valence-electron chi connectivity index (χ0n) is 17.1. The van der Waals surface area contributed by atoms with E-state index in [-0.39, 0.29) is 11.9 Å². The molecular formula is C22H23N3O5. The third kappa shape index (κ3) is 3.61. The molecule has 8 nitrogen and oxygen atoms in total. The average molecular weight is 409 g/mol. The number of ether oxygens (including phenoxy) is 3. The summed E-state index contributed by atoms with van der Waals surface area (Å²) in [5, 5.41) is 4.04. The molecule has 156 valence electrons. The van der Waals surface area contributed by atoms with Crippen LogP contribution in [0.25, 0.3) is 0 Å². The molecule has 1 amide bonds. The second-order valence-corrected chi connectivity index (χ2v) is 6.89. The van der Waals surface area contributed by atoms with Crippen LogP contribution < -0.4 is 14.4 Å². The maximum absolute atomic E-state index is 13.6. The van der Waals surface area contributed by atoms with Crippen molar-refractivity contribution in [1.82, 2.24) is 10.1 Å². The predicted octanol–water partition coefficient (Wildman–Crippen LogP) is 3.22. The highest BCUT2D eigenvalue weighted by Gasteiger charge is 2.38. The van der Waals surface area contributed by atoms with Gasteiger partial charge >= 0.3 is 0 Å². The number of rotatable bonds is 7. The molecule has 0 bridgehead atoms. The molecule has 1 aromatic heterocycles. The molecule has 30 heavy (non-hydrogen) atoms. The molecule has 0 N–H and O–H groups in total. The SMILES string of the molecule is COCCc1noc(C2Cc3ccccc3N2C(=O)c2ccc(OC)c(OC)c2)n1. The highest BCUT2D eigenvalue weighted by atomic mass is 16.5. The van der Waals surface area contributed by atoms with Crippen molar-refractivity contribution < 1.29 is 23.5 Å². The van der Waals surface area contributed by atoms with Crippen LogP contribution in [0.3, 0.4) is 0 Å². The number of hydrogen-bond donors (Lipinski definition) is 0. The van der Waals surface area contributed by atoms with Crippen LogP contribution in [0.4, 0.5) is 5.69 Å². The van der Waals surface area contributed by atoms with Gasteiger partial charge in [0, 0.05) is 31.2 Å². The fraction of sp³-hybridized carbons (Fsp3) is 0.318. The minimum absolute atomic E-state index is 0.178. The number of carbonyl (C=O) groups excluding carboxylic acids is 1. The Morgan fingerprint density at radius 3 is 2.70 bits per heavy atom. The lowest BCUT2D eigenvalue weighted by Gasteiger charge is -2.23. The van der Waals surface area contributed by atoms with Gasteiger partial charge < -0.3 is 18.7 Å². The van der Waals surface area contributed by atoms with E-state index in [1.807, 2.05) is 24.3 Å². The molecular weight excluding hydrogens is 386 g/mol. The predicted molar refractivity (Wildman–Crippen MR) is 109 cm³/mol. The first-order valence-corrected chi connectivity index (χ1v) is 9.61. The first-order valence-electron chi connectivity index (χ1n) is 9.61. The fourth-order valence-corrected chi connectivity index (χ4v) is 3.64. The Morgan fingerprint density at radius 1 is 1.13 bits per heavy atom. The molecule has 2 aromatic carbocycles. The Labute approximate surface area is 174 Å². The summed E-state index contributed by atoms with van der Waals surface area (Å²) in [4.78, 5) is 19.8. The smallest absolute Gasteiger partial charge is 0.259 e. The standard InChI is InChI=1S/C22H23N3O5/c1-27-11-10-20-23-21(30-24-20)17-12-14-6-4-5-7-16(14)25(17)22(26)15-8-9-18(28-2)19(13-15)29-3/h4-9,13,17H,10-12H2,1-3H3. The number of methoxy groups -OCH3 is 3. The second-order valence-electron chi connectivity index (χ2n) is 6.89. The Kier molecular flexibility index (Phi) is 5.67. The Bertz CT molecular complexity index is 1050. The summed E-state index contributed by atoms with van der Waals surface area (Å²) in [5.74, 6) is 1.84. The van der Waals surface area contributed by atoms with Gasteiger partial charge in [0.15, 0.2) is 17.3 Å². The summed E-state index contributed by atoms with van der Waals surface area (Å²) < 4.78 is 21.2. The van der Waals surface area contributed by atoms with Crippen molar-refractivity contribution >= 4 is 11.6 Å². The minimum atomic E-state index is -0.383. The second kappa shape index (κ2) is 8.54. The maximum atomic E-state index is 13.6. The van der Waals surface area contributed by atoms with Crippen molar-refractivity contribution in [2.45, 2.75) is 18.9 Å². The molecule has 1 aliphatic heterocycles. The van der Waals surface area contributed by atoms with Crippen molar-refractivity contribution in [3.63, 3.8) is 0 Å². The zero-order valence-corrected chi connectivity index (χ0v) is 17.1. The van der Waals surface area contributed by atoms with E-state index in [2.05, 4.69) is 10.1 Å². The van der Waals surface area contributed by atoms with Crippen molar-refractivity contribution in [3.05, 3.63) is 65.3 Å². The molecule has 0 saturated carbocycles. The molecule has 0 fully saturated rings. The van der Waals surface area contributed by atoms with E-state index in [0.29, 0.717) is 48.2 Å². The molecule has 0 saturated heterocycles. The number of fused-ring (bicyclic) bond motifs is 1. The molecule has 4 rings (SSSR count). The van der Waals surface area contributed by atoms with Crippen LogP contribution in [0.2, 0.25) is 0 Å². The van der Waals surface area contributed by atoms with Crippen LogP contribution in [0, 0.1) is 0 Å². The minimum Gasteiger partial charge on any atom is -0.493 e. The number of aromatic nitrogens is 2. The number of anilines is 1. The molecule has 1 aliphatic rings. The number of hydrogen-bond acceptors (Lipinski definition) is 7. The average Bonchev–Trinajstić information content (AvgIpc) is 3.41. The van der Waals surface area contributed by atoms with Crippen LogP contribution in [0.15, 0.2) is 47.0 Å². The van der Waals surface area contributed by atoms with Gasteiger partial charge in [-0.25, -0.2) is 0 Å². The maximum Gasteiger partial charge on any atom is 0.259 e. The molecule has 1 unspecified atom stereocenters. The topological polar surface area (TPSA) is 86.9 Å². The normalized spacial score (nSPS) is 15.2. The van der Waals surface area contributed by atoms with Gasteiger partial charge in [-0.05, 0) is 29.8 Å². The Morgan fingerprint density at radius 2 is 1.93 bits per heavy atom. The highest BCUT2D eigenvalue weighted by Crippen LogP contribution is 2.41. The van der Waals surface area contributed by atoms with Crippen molar-refractivity contribution in [2.24, 2.45) is 0 Å². The summed E-state index contributed by atoms with van der Waals surface area (Å²) in [6.07, 6.45) is 1.14.